The van der Waals surface area contributed by atoms with E-state index >= 15 is 0 Å². The molecule has 1 aromatic rings. The van der Waals surface area contributed by atoms with Gasteiger partial charge in [0.05, 0.1) is 18.2 Å². The number of aryl methyl sites for hydroxylation is 1. The Morgan fingerprint density at radius 2 is 2.60 bits per heavy atom. The number of hydrogen-bond acceptors (Lipinski definition) is 2. The molecular weight excluding hydrogens is 126 g/mol. The lowest BCUT2D eigenvalue weighted by molar-refractivity contribution is 0.902. The van der Waals surface area contributed by atoms with Crippen LogP contribution in [-0.4, -0.2) is 16.1 Å². The second-order valence-electron chi connectivity index (χ2n) is 2.07. The van der Waals surface area contributed by atoms with Crippen LogP contribution in [0.25, 0.3) is 6.08 Å². The maximum Gasteiger partial charge on any atom is 0.0948 e. The number of hydrogen-bond donors (Lipinski definition) is 1. The van der Waals surface area contributed by atoms with Crippen LogP contribution < -0.4 is 5.73 Å². The van der Waals surface area contributed by atoms with Crippen LogP contribution in [0.1, 0.15) is 5.69 Å². The molecule has 0 atom stereocenters. The molecule has 1 aromatic heterocycles. The van der Waals surface area contributed by atoms with Crippen LogP contribution in [0, 0.1) is 0 Å². The summed E-state index contributed by atoms with van der Waals surface area (Å²) in [5, 5.41) is 0. The van der Waals surface area contributed by atoms with Gasteiger partial charge in [0.1, 0.15) is 0 Å². The van der Waals surface area contributed by atoms with E-state index in [9.17, 15) is 0 Å². The fourth-order valence-electron chi connectivity index (χ4n) is 0.717. The summed E-state index contributed by atoms with van der Waals surface area (Å²) in [6.45, 7) is 0.575. The molecule has 0 saturated carbocycles. The van der Waals surface area contributed by atoms with Gasteiger partial charge in [-0.1, -0.05) is 6.08 Å². The van der Waals surface area contributed by atoms with E-state index in [4.69, 9.17) is 5.73 Å². The molecule has 1 rings (SSSR count). The summed E-state index contributed by atoms with van der Waals surface area (Å²) in [7, 11) is 1.95. The van der Waals surface area contributed by atoms with Crippen molar-refractivity contribution >= 4 is 6.08 Å². The maximum absolute atomic E-state index is 5.28. The van der Waals surface area contributed by atoms with Crippen molar-refractivity contribution in [3.05, 3.63) is 24.3 Å². The van der Waals surface area contributed by atoms with Crippen molar-refractivity contribution in [2.24, 2.45) is 12.8 Å². The van der Waals surface area contributed by atoms with Crippen LogP contribution in [-0.2, 0) is 7.05 Å². The third kappa shape index (κ3) is 1.45. The Labute approximate surface area is 60.2 Å². The van der Waals surface area contributed by atoms with Crippen molar-refractivity contribution in [1.29, 1.82) is 0 Å². The van der Waals surface area contributed by atoms with Crippen molar-refractivity contribution < 1.29 is 0 Å². The molecule has 0 unspecified atom stereocenters. The fourth-order valence-corrected chi connectivity index (χ4v) is 0.717. The topological polar surface area (TPSA) is 43.8 Å². The van der Waals surface area contributed by atoms with Gasteiger partial charge in [0, 0.05) is 13.6 Å². The molecule has 0 radical (unpaired) electrons. The van der Waals surface area contributed by atoms with E-state index in [0.717, 1.165) is 5.69 Å². The summed E-state index contributed by atoms with van der Waals surface area (Å²) in [5.41, 5.74) is 6.35. The van der Waals surface area contributed by atoms with Gasteiger partial charge in [-0.2, -0.15) is 0 Å². The molecular formula is C7H11N3. The molecule has 1 heterocycles. The molecule has 10 heavy (non-hydrogen) atoms. The summed E-state index contributed by atoms with van der Waals surface area (Å²) in [5.74, 6) is 0. The molecule has 3 heteroatoms. The van der Waals surface area contributed by atoms with E-state index in [1.807, 2.05) is 23.8 Å². The van der Waals surface area contributed by atoms with Crippen molar-refractivity contribution in [3.63, 3.8) is 0 Å². The van der Waals surface area contributed by atoms with Crippen molar-refractivity contribution in [3.8, 4) is 0 Å². The summed E-state index contributed by atoms with van der Waals surface area (Å²) in [4.78, 5) is 3.95. The van der Waals surface area contributed by atoms with Crippen molar-refractivity contribution in [1.82, 2.24) is 9.55 Å². The highest BCUT2D eigenvalue weighted by Gasteiger charge is 1.88. The largest absolute Gasteiger partial charge is 0.334 e. The van der Waals surface area contributed by atoms with Gasteiger partial charge in [-0.3, -0.25) is 0 Å². The Morgan fingerprint density at radius 1 is 1.80 bits per heavy atom. The van der Waals surface area contributed by atoms with E-state index in [1.54, 1.807) is 12.5 Å². The predicted octanol–water partition coefficient (Wildman–Crippen LogP) is 0.392. The number of rotatable bonds is 2. The smallest absolute Gasteiger partial charge is 0.0948 e. The highest BCUT2D eigenvalue weighted by atomic mass is 15.0. The summed E-state index contributed by atoms with van der Waals surface area (Å²) in [6, 6.07) is 0. The lowest BCUT2D eigenvalue weighted by Crippen LogP contribution is -1.93. The first-order valence-corrected chi connectivity index (χ1v) is 3.17. The third-order valence-corrected chi connectivity index (χ3v) is 1.28. The molecule has 0 aromatic carbocycles. The first kappa shape index (κ1) is 7.02. The van der Waals surface area contributed by atoms with Crippen LogP contribution in [0.5, 0.6) is 0 Å². The van der Waals surface area contributed by atoms with Gasteiger partial charge in [-0.15, -0.1) is 0 Å². The van der Waals surface area contributed by atoms with Gasteiger partial charge < -0.3 is 10.3 Å². The minimum absolute atomic E-state index is 0.575. The summed E-state index contributed by atoms with van der Waals surface area (Å²) < 4.78 is 1.94. The third-order valence-electron chi connectivity index (χ3n) is 1.28. The molecule has 0 spiro atoms. The average Bonchev–Trinajstić information content (AvgIpc) is 2.31. The van der Waals surface area contributed by atoms with Crippen molar-refractivity contribution in [2.75, 3.05) is 6.54 Å². The Bertz CT molecular complexity index is 225. The van der Waals surface area contributed by atoms with Gasteiger partial charge in [0.15, 0.2) is 0 Å². The van der Waals surface area contributed by atoms with Gasteiger partial charge in [-0.25, -0.2) is 4.98 Å². The Hall–Kier alpha value is -1.09. The molecule has 0 saturated heterocycles. The molecule has 0 aliphatic rings. The van der Waals surface area contributed by atoms with Gasteiger partial charge in [-0.05, 0) is 6.08 Å². The standard InChI is InChI=1S/C7H11N3/c1-10-6-9-5-7(10)3-2-4-8/h2-3,5-6H,4,8H2,1H3/b3-2-. The van der Waals surface area contributed by atoms with E-state index in [2.05, 4.69) is 4.98 Å². The zero-order valence-electron chi connectivity index (χ0n) is 5.99. The molecule has 2 N–H and O–H groups in total. The van der Waals surface area contributed by atoms with Crippen LogP contribution in [0.3, 0.4) is 0 Å². The van der Waals surface area contributed by atoms with E-state index in [1.165, 1.54) is 0 Å². The van der Waals surface area contributed by atoms with Crippen molar-refractivity contribution in [2.45, 2.75) is 0 Å². The van der Waals surface area contributed by atoms with E-state index < -0.39 is 0 Å². The fraction of sp³-hybridized carbons (Fsp3) is 0.286. The number of imidazole rings is 1. The first-order chi connectivity index (χ1) is 4.84. The monoisotopic (exact) mass is 137 g/mol. The minimum Gasteiger partial charge on any atom is -0.334 e. The molecule has 0 aliphatic heterocycles. The minimum atomic E-state index is 0.575. The quantitative estimate of drug-likeness (QED) is 0.641. The number of nitrogens with zero attached hydrogens (tertiary/aromatic N) is 2. The molecule has 54 valence electrons. The van der Waals surface area contributed by atoms with Crippen LogP contribution in [0.4, 0.5) is 0 Å². The predicted molar refractivity (Wildman–Crippen MR) is 41.3 cm³/mol. The normalized spacial score (nSPS) is 11.0. The van der Waals surface area contributed by atoms with Crippen LogP contribution in [0.2, 0.25) is 0 Å². The van der Waals surface area contributed by atoms with Gasteiger partial charge in [0.2, 0.25) is 0 Å². The SMILES string of the molecule is Cn1cncc1/C=C\CN. The van der Waals surface area contributed by atoms with Crippen LogP contribution in [0.15, 0.2) is 18.6 Å². The molecule has 0 amide bonds. The second kappa shape index (κ2) is 3.17. The second-order valence-corrected chi connectivity index (χ2v) is 2.07. The molecule has 3 nitrogen and oxygen atoms in total. The van der Waals surface area contributed by atoms with Gasteiger partial charge in [0.25, 0.3) is 0 Å². The van der Waals surface area contributed by atoms with E-state index in [-0.39, 0.29) is 0 Å². The lowest BCUT2D eigenvalue weighted by atomic mass is 10.4. The van der Waals surface area contributed by atoms with E-state index in [0.29, 0.717) is 6.54 Å². The molecule has 0 aliphatic carbocycles. The molecule has 0 fully saturated rings. The summed E-state index contributed by atoms with van der Waals surface area (Å²) in [6.07, 6.45) is 7.41. The lowest BCUT2D eigenvalue weighted by Gasteiger charge is -1.91. The van der Waals surface area contributed by atoms with Gasteiger partial charge >= 0.3 is 0 Å². The first-order valence-electron chi connectivity index (χ1n) is 3.17. The highest BCUT2D eigenvalue weighted by Crippen LogP contribution is 1.97. The zero-order valence-corrected chi connectivity index (χ0v) is 5.99. The zero-order chi connectivity index (χ0) is 7.40. The number of aromatic nitrogens is 2. The average molecular weight is 137 g/mol. The highest BCUT2D eigenvalue weighted by molar-refractivity contribution is 5.43. The number of nitrogens with two attached hydrogens (primary N) is 1. The summed E-state index contributed by atoms with van der Waals surface area (Å²) >= 11 is 0. The maximum atomic E-state index is 5.28. The Balaban J connectivity index is 2.74. The van der Waals surface area contributed by atoms with Crippen LogP contribution >= 0.6 is 0 Å². The Kier molecular flexibility index (Phi) is 2.23. The Morgan fingerprint density at radius 3 is 3.10 bits per heavy atom. The molecule has 0 bridgehead atoms.